The second-order valence-electron chi connectivity index (χ2n) is 8.12. The summed E-state index contributed by atoms with van der Waals surface area (Å²) in [4.78, 5) is 38.6. The highest BCUT2D eigenvalue weighted by molar-refractivity contribution is 7.96. The molecule has 0 spiro atoms. The van der Waals surface area contributed by atoms with E-state index in [2.05, 4.69) is 37.8 Å². The molecule has 1 aromatic carbocycles. The minimum atomic E-state index is -0.105. The van der Waals surface area contributed by atoms with Gasteiger partial charge < -0.3 is 20.1 Å². The largest absolute Gasteiger partial charge is 0.352 e. The van der Waals surface area contributed by atoms with Gasteiger partial charge in [-0.2, -0.15) is 0 Å². The number of alkyl halides is 1. The molecule has 10 heteroatoms. The smallest absolute Gasteiger partial charge is 0.279 e. The third-order valence-electron chi connectivity index (χ3n) is 5.99. The maximum Gasteiger partial charge on any atom is 0.279 e. The number of amides is 2. The molecular formula is C23H27ClN6O2S. The zero-order valence-corrected chi connectivity index (χ0v) is 19.8. The Labute approximate surface area is 203 Å². The van der Waals surface area contributed by atoms with E-state index < -0.39 is 0 Å². The van der Waals surface area contributed by atoms with Gasteiger partial charge in [-0.25, -0.2) is 9.97 Å². The zero-order valence-electron chi connectivity index (χ0n) is 18.2. The van der Waals surface area contributed by atoms with Crippen molar-refractivity contribution in [2.75, 3.05) is 23.9 Å². The molecule has 2 atom stereocenters. The lowest BCUT2D eigenvalue weighted by Crippen LogP contribution is -2.54. The van der Waals surface area contributed by atoms with Crippen molar-refractivity contribution < 1.29 is 9.59 Å². The number of carbonyl (C=O) groups is 2. The lowest BCUT2D eigenvalue weighted by Gasteiger charge is -2.40. The number of fused-ring (bicyclic) bond motifs is 3. The van der Waals surface area contributed by atoms with Crippen molar-refractivity contribution in [3.63, 3.8) is 0 Å². The van der Waals surface area contributed by atoms with Gasteiger partial charge in [-0.1, -0.05) is 43.0 Å². The first-order valence-corrected chi connectivity index (χ1v) is 12.0. The number of hydrogen-bond acceptors (Lipinski definition) is 5. The topological polar surface area (TPSA) is 94.2 Å². The highest BCUT2D eigenvalue weighted by Crippen LogP contribution is 2.34. The van der Waals surface area contributed by atoms with Crippen molar-refractivity contribution in [2.24, 2.45) is 0 Å². The fourth-order valence-electron chi connectivity index (χ4n) is 4.47. The number of thiol groups is 1. The Bertz CT molecular complexity index is 1080. The Morgan fingerprint density at radius 2 is 1.85 bits per heavy atom. The van der Waals surface area contributed by atoms with E-state index in [1.807, 2.05) is 47.5 Å². The summed E-state index contributed by atoms with van der Waals surface area (Å²) in [5.41, 5.74) is 1.96. The molecule has 0 radical (unpaired) electrons. The Hall–Kier alpha value is -2.78. The van der Waals surface area contributed by atoms with Crippen molar-refractivity contribution in [1.29, 1.82) is 0 Å². The average molecular weight is 487 g/mol. The minimum Gasteiger partial charge on any atom is -0.352 e. The fraction of sp³-hybridized carbons (Fsp3) is 0.391. The minimum absolute atomic E-state index is 0.00106. The third-order valence-corrected chi connectivity index (χ3v) is 6.41. The number of H-pyrrole nitrogens is 1. The van der Waals surface area contributed by atoms with Gasteiger partial charge >= 0.3 is 0 Å². The van der Waals surface area contributed by atoms with Gasteiger partial charge in [-0.05, 0) is 24.5 Å². The van der Waals surface area contributed by atoms with E-state index in [0.717, 1.165) is 48.3 Å². The molecule has 2 saturated heterocycles. The molecule has 3 aromatic rings. The Morgan fingerprint density at radius 1 is 1.12 bits per heavy atom. The van der Waals surface area contributed by atoms with Gasteiger partial charge in [-0.3, -0.25) is 9.59 Å². The standard InChI is InChI=1S/C13H15N5OS.C10H12ClNO/c19-13(20)18-8-1-2-9(18)6-17(5-8)12-10-3-4-14-11(10)15-7-16-12;11-7-6-10(13)12-8-9-4-2-1-3-5-9/h3-4,7-9H,1-2,5-6H2,(H,19,20)(H,14,15,16);1-5H,6-8H2,(H,12,13). The lowest BCUT2D eigenvalue weighted by molar-refractivity contribution is -0.120. The number of nitrogens with one attached hydrogen (secondary N) is 2. The number of rotatable bonds is 5. The van der Waals surface area contributed by atoms with Crippen LogP contribution in [0.2, 0.25) is 0 Å². The van der Waals surface area contributed by atoms with Crippen molar-refractivity contribution in [3.05, 3.63) is 54.5 Å². The van der Waals surface area contributed by atoms with Gasteiger partial charge in [0.25, 0.3) is 5.24 Å². The molecule has 5 rings (SSSR count). The number of piperazine rings is 1. The van der Waals surface area contributed by atoms with Gasteiger partial charge in [0.15, 0.2) is 0 Å². The highest BCUT2D eigenvalue weighted by Gasteiger charge is 2.42. The molecule has 8 nitrogen and oxygen atoms in total. The van der Waals surface area contributed by atoms with Crippen molar-refractivity contribution in [1.82, 2.24) is 25.2 Å². The molecule has 0 aliphatic carbocycles. The molecule has 2 amide bonds. The number of carbonyl (C=O) groups excluding carboxylic acids is 2. The highest BCUT2D eigenvalue weighted by atomic mass is 35.5. The van der Waals surface area contributed by atoms with E-state index in [4.69, 9.17) is 11.6 Å². The summed E-state index contributed by atoms with van der Waals surface area (Å²) in [5.74, 6) is 1.33. The molecule has 2 aliphatic rings. The van der Waals surface area contributed by atoms with Gasteiger partial charge in [0.2, 0.25) is 5.91 Å². The van der Waals surface area contributed by atoms with E-state index in [0.29, 0.717) is 18.8 Å². The van der Waals surface area contributed by atoms with Crippen molar-refractivity contribution in [3.8, 4) is 0 Å². The molecule has 4 heterocycles. The number of benzene rings is 1. The Morgan fingerprint density at radius 3 is 2.52 bits per heavy atom. The lowest BCUT2D eigenvalue weighted by atomic mass is 10.2. The van der Waals surface area contributed by atoms with E-state index in [9.17, 15) is 9.59 Å². The maximum atomic E-state index is 11.6. The van der Waals surface area contributed by atoms with Crippen LogP contribution in [-0.2, 0) is 11.3 Å². The predicted octanol–water partition coefficient (Wildman–Crippen LogP) is 3.59. The number of halogens is 1. The van der Waals surface area contributed by atoms with E-state index in [1.165, 1.54) is 0 Å². The van der Waals surface area contributed by atoms with E-state index in [1.54, 1.807) is 6.33 Å². The first-order chi connectivity index (χ1) is 16.1. The summed E-state index contributed by atoms with van der Waals surface area (Å²) >= 11 is 9.42. The van der Waals surface area contributed by atoms with Crippen molar-refractivity contribution in [2.45, 2.75) is 37.9 Å². The molecular weight excluding hydrogens is 460 g/mol. The van der Waals surface area contributed by atoms with Crippen LogP contribution in [-0.4, -0.2) is 62.1 Å². The maximum absolute atomic E-state index is 11.6. The molecule has 2 aromatic heterocycles. The molecule has 2 unspecified atom stereocenters. The van der Waals surface area contributed by atoms with E-state index in [-0.39, 0.29) is 23.2 Å². The van der Waals surface area contributed by atoms with Crippen LogP contribution in [0.25, 0.3) is 11.0 Å². The molecule has 174 valence electrons. The average Bonchev–Trinajstić information content (AvgIpc) is 3.41. The van der Waals surface area contributed by atoms with Crippen LogP contribution in [0.1, 0.15) is 24.8 Å². The Balaban J connectivity index is 0.000000174. The number of aromatic amines is 1. The number of nitrogens with zero attached hydrogens (tertiary/aromatic N) is 4. The fourth-order valence-corrected chi connectivity index (χ4v) is 4.97. The second kappa shape index (κ2) is 10.9. The summed E-state index contributed by atoms with van der Waals surface area (Å²) in [6, 6.07) is 12.3. The molecule has 0 saturated carbocycles. The molecule has 2 N–H and O–H groups in total. The molecule has 33 heavy (non-hydrogen) atoms. The zero-order chi connectivity index (χ0) is 23.2. The molecule has 2 bridgehead atoms. The van der Waals surface area contributed by atoms with Crippen LogP contribution in [0.4, 0.5) is 10.6 Å². The Kier molecular flexibility index (Phi) is 7.72. The summed E-state index contributed by atoms with van der Waals surface area (Å²) in [7, 11) is 0. The SMILES string of the molecule is O=C(CCCl)NCc1ccccc1.O=C(S)N1C2CCC1CN(c1ncnc3[nH]ccc13)C2. The summed E-state index contributed by atoms with van der Waals surface area (Å²) < 4.78 is 0. The van der Waals surface area contributed by atoms with Crippen molar-refractivity contribution >= 4 is 52.2 Å². The molecule has 2 aliphatic heterocycles. The van der Waals surface area contributed by atoms with Gasteiger partial charge in [0.1, 0.15) is 17.8 Å². The number of aromatic nitrogens is 3. The van der Waals surface area contributed by atoms with Crippen LogP contribution >= 0.6 is 24.2 Å². The van der Waals surface area contributed by atoms with Crippen LogP contribution in [0.5, 0.6) is 0 Å². The van der Waals surface area contributed by atoms with Gasteiger partial charge in [-0.15, -0.1) is 11.6 Å². The number of hydrogen-bond donors (Lipinski definition) is 3. The quantitative estimate of drug-likeness (QED) is 0.378. The van der Waals surface area contributed by atoms with Crippen LogP contribution in [0.3, 0.4) is 0 Å². The first kappa shape index (κ1) is 23.4. The van der Waals surface area contributed by atoms with Crippen LogP contribution in [0, 0.1) is 0 Å². The monoisotopic (exact) mass is 486 g/mol. The predicted molar refractivity (Wildman–Crippen MR) is 133 cm³/mol. The summed E-state index contributed by atoms with van der Waals surface area (Å²) in [5, 5.41) is 3.71. The van der Waals surface area contributed by atoms with Crippen LogP contribution in [0.15, 0.2) is 48.9 Å². The van der Waals surface area contributed by atoms with Crippen LogP contribution < -0.4 is 10.2 Å². The third kappa shape index (κ3) is 5.59. The number of anilines is 1. The first-order valence-electron chi connectivity index (χ1n) is 11.0. The summed E-state index contributed by atoms with van der Waals surface area (Å²) in [6.07, 6.45) is 5.95. The summed E-state index contributed by atoms with van der Waals surface area (Å²) in [6.45, 7) is 2.22. The van der Waals surface area contributed by atoms with Gasteiger partial charge in [0, 0.05) is 38.1 Å². The van der Waals surface area contributed by atoms with Gasteiger partial charge in [0.05, 0.1) is 17.5 Å². The second-order valence-corrected chi connectivity index (χ2v) is 8.88. The molecule has 2 fully saturated rings. The normalized spacial score (nSPS) is 19.2. The van der Waals surface area contributed by atoms with E-state index >= 15 is 0 Å².